The number of likely N-dealkylation sites (tertiary alicyclic amines) is 1. The molecule has 1 aromatic rings. The number of hydrogen-bond acceptors (Lipinski definition) is 4. The lowest BCUT2D eigenvalue weighted by Crippen LogP contribution is -2.48. The first-order valence-corrected chi connectivity index (χ1v) is 11.2. The Balaban J connectivity index is 0.00000300. The Morgan fingerprint density at radius 1 is 1.21 bits per heavy atom. The predicted octanol–water partition coefficient (Wildman–Crippen LogP) is 3.95. The number of piperidine rings is 1. The Morgan fingerprint density at radius 3 is 2.66 bits per heavy atom. The van der Waals surface area contributed by atoms with Crippen LogP contribution in [0.2, 0.25) is 0 Å². The molecule has 1 aliphatic heterocycles. The first kappa shape index (κ1) is 24.2. The molecule has 1 saturated heterocycles. The van der Waals surface area contributed by atoms with Gasteiger partial charge in [0.25, 0.3) is 0 Å². The van der Waals surface area contributed by atoms with E-state index in [4.69, 9.17) is 9.73 Å². The van der Waals surface area contributed by atoms with E-state index in [0.717, 1.165) is 36.8 Å². The van der Waals surface area contributed by atoms with Gasteiger partial charge in [-0.1, -0.05) is 6.92 Å². The standard InChI is InChI=1S/C22H37N5O.HI/c1-3-13-27-14-10-19(11-15-27)26-22(23-4-2)25-17-18-9-12-24-21(16-18)28-20-7-5-6-8-20;/h9,12,16,19-20H,3-8,10-11,13-15,17H2,1-2H3,(H2,23,25,26);1H. The lowest BCUT2D eigenvalue weighted by atomic mass is 10.1. The zero-order valence-corrected chi connectivity index (χ0v) is 20.4. The molecule has 29 heavy (non-hydrogen) atoms. The summed E-state index contributed by atoms with van der Waals surface area (Å²) in [5.74, 6) is 1.65. The van der Waals surface area contributed by atoms with E-state index >= 15 is 0 Å². The first-order valence-electron chi connectivity index (χ1n) is 11.2. The summed E-state index contributed by atoms with van der Waals surface area (Å²) in [6.07, 6.45) is 10.6. The van der Waals surface area contributed by atoms with E-state index in [1.54, 1.807) is 0 Å². The maximum Gasteiger partial charge on any atom is 0.213 e. The number of nitrogens with zero attached hydrogens (tertiary/aromatic N) is 3. The van der Waals surface area contributed by atoms with Gasteiger partial charge in [0, 0.05) is 37.9 Å². The molecule has 0 amide bonds. The summed E-state index contributed by atoms with van der Waals surface area (Å²) in [6, 6.07) is 4.57. The predicted molar refractivity (Wildman–Crippen MR) is 130 cm³/mol. The van der Waals surface area contributed by atoms with Crippen LogP contribution in [0.25, 0.3) is 0 Å². The zero-order valence-electron chi connectivity index (χ0n) is 18.0. The van der Waals surface area contributed by atoms with E-state index in [2.05, 4.69) is 34.4 Å². The minimum atomic E-state index is 0. The van der Waals surface area contributed by atoms with Gasteiger partial charge in [-0.05, 0) is 70.0 Å². The molecule has 1 saturated carbocycles. The molecule has 0 atom stereocenters. The van der Waals surface area contributed by atoms with Crippen LogP contribution in [0.5, 0.6) is 5.88 Å². The number of hydrogen-bond donors (Lipinski definition) is 2. The Kier molecular flexibility index (Phi) is 11.1. The molecule has 0 radical (unpaired) electrons. The number of halogens is 1. The second-order valence-corrected chi connectivity index (χ2v) is 7.98. The van der Waals surface area contributed by atoms with Gasteiger partial charge in [0.2, 0.25) is 5.88 Å². The summed E-state index contributed by atoms with van der Waals surface area (Å²) >= 11 is 0. The van der Waals surface area contributed by atoms with Crippen molar-refractivity contribution >= 4 is 29.9 Å². The van der Waals surface area contributed by atoms with Crippen LogP contribution in [0, 0.1) is 0 Å². The number of pyridine rings is 1. The summed E-state index contributed by atoms with van der Waals surface area (Å²) < 4.78 is 6.03. The fraction of sp³-hybridized carbons (Fsp3) is 0.727. The number of ether oxygens (including phenoxy) is 1. The summed E-state index contributed by atoms with van der Waals surface area (Å²) in [6.45, 7) is 9.44. The van der Waals surface area contributed by atoms with Crippen molar-refractivity contribution in [2.75, 3.05) is 26.2 Å². The average Bonchev–Trinajstić information content (AvgIpc) is 3.21. The van der Waals surface area contributed by atoms with Crippen molar-refractivity contribution in [1.82, 2.24) is 20.5 Å². The molecule has 164 valence electrons. The van der Waals surface area contributed by atoms with Gasteiger partial charge >= 0.3 is 0 Å². The lowest BCUT2D eigenvalue weighted by Gasteiger charge is -2.32. The van der Waals surface area contributed by atoms with Crippen LogP contribution in [0.3, 0.4) is 0 Å². The number of guanidine groups is 1. The molecule has 6 nitrogen and oxygen atoms in total. The van der Waals surface area contributed by atoms with E-state index in [1.807, 2.05) is 18.3 Å². The van der Waals surface area contributed by atoms with Crippen LogP contribution in [0.4, 0.5) is 0 Å². The monoisotopic (exact) mass is 515 g/mol. The number of aliphatic imine (C=N–C) groups is 1. The second-order valence-electron chi connectivity index (χ2n) is 7.98. The van der Waals surface area contributed by atoms with Crippen molar-refractivity contribution < 1.29 is 4.74 Å². The van der Waals surface area contributed by atoms with Crippen molar-refractivity contribution in [2.24, 2.45) is 4.99 Å². The fourth-order valence-electron chi connectivity index (χ4n) is 4.09. The van der Waals surface area contributed by atoms with Crippen LogP contribution in [-0.2, 0) is 6.54 Å². The molecular formula is C22H38IN5O. The molecule has 0 aromatic carbocycles. The summed E-state index contributed by atoms with van der Waals surface area (Å²) in [7, 11) is 0. The Labute approximate surface area is 193 Å². The molecule has 0 spiro atoms. The Bertz CT molecular complexity index is 613. The highest BCUT2D eigenvalue weighted by atomic mass is 127. The van der Waals surface area contributed by atoms with Crippen molar-refractivity contribution in [3.63, 3.8) is 0 Å². The number of nitrogens with one attached hydrogen (secondary N) is 2. The van der Waals surface area contributed by atoms with Crippen molar-refractivity contribution in [3.05, 3.63) is 23.9 Å². The molecule has 3 rings (SSSR count). The highest BCUT2D eigenvalue weighted by Gasteiger charge is 2.19. The summed E-state index contributed by atoms with van der Waals surface area (Å²) in [5.41, 5.74) is 1.14. The third kappa shape index (κ3) is 8.28. The van der Waals surface area contributed by atoms with Crippen molar-refractivity contribution in [3.8, 4) is 5.88 Å². The smallest absolute Gasteiger partial charge is 0.213 e. The number of aromatic nitrogens is 1. The minimum Gasteiger partial charge on any atom is -0.474 e. The maximum atomic E-state index is 6.03. The maximum absolute atomic E-state index is 6.03. The number of rotatable bonds is 8. The van der Waals surface area contributed by atoms with Crippen LogP contribution < -0.4 is 15.4 Å². The molecule has 2 fully saturated rings. The average molecular weight is 515 g/mol. The quantitative estimate of drug-likeness (QED) is 0.312. The zero-order chi connectivity index (χ0) is 19.6. The van der Waals surface area contributed by atoms with Gasteiger partial charge in [-0.2, -0.15) is 0 Å². The second kappa shape index (κ2) is 13.3. The molecule has 2 aliphatic rings. The Morgan fingerprint density at radius 2 is 1.97 bits per heavy atom. The molecule has 7 heteroatoms. The molecule has 1 aliphatic carbocycles. The van der Waals surface area contributed by atoms with Gasteiger partial charge < -0.3 is 20.3 Å². The minimum absolute atomic E-state index is 0. The summed E-state index contributed by atoms with van der Waals surface area (Å²) in [5, 5.41) is 7.02. The lowest BCUT2D eigenvalue weighted by molar-refractivity contribution is 0.201. The van der Waals surface area contributed by atoms with Crippen LogP contribution in [0.1, 0.15) is 64.4 Å². The third-order valence-electron chi connectivity index (χ3n) is 5.62. The van der Waals surface area contributed by atoms with Gasteiger partial charge in [-0.3, -0.25) is 0 Å². The molecule has 1 aromatic heterocycles. The molecule has 2 heterocycles. The van der Waals surface area contributed by atoms with Gasteiger partial charge in [-0.15, -0.1) is 24.0 Å². The molecular weight excluding hydrogens is 477 g/mol. The van der Waals surface area contributed by atoms with Crippen molar-refractivity contribution in [2.45, 2.75) is 77.5 Å². The van der Waals surface area contributed by atoms with Crippen LogP contribution in [-0.4, -0.2) is 54.2 Å². The van der Waals surface area contributed by atoms with E-state index in [0.29, 0.717) is 18.7 Å². The van der Waals surface area contributed by atoms with Gasteiger partial charge in [0.15, 0.2) is 5.96 Å². The van der Waals surface area contributed by atoms with E-state index in [-0.39, 0.29) is 24.0 Å². The topological polar surface area (TPSA) is 61.8 Å². The van der Waals surface area contributed by atoms with E-state index in [1.165, 1.54) is 51.7 Å². The van der Waals surface area contributed by atoms with Gasteiger partial charge in [0.05, 0.1) is 6.54 Å². The van der Waals surface area contributed by atoms with Gasteiger partial charge in [0.1, 0.15) is 6.10 Å². The van der Waals surface area contributed by atoms with Crippen molar-refractivity contribution in [1.29, 1.82) is 0 Å². The third-order valence-corrected chi connectivity index (χ3v) is 5.62. The van der Waals surface area contributed by atoms with E-state index < -0.39 is 0 Å². The molecule has 2 N–H and O–H groups in total. The molecule has 0 bridgehead atoms. The fourth-order valence-corrected chi connectivity index (χ4v) is 4.09. The Hall–Kier alpha value is -1.09. The van der Waals surface area contributed by atoms with Crippen LogP contribution in [0.15, 0.2) is 23.3 Å². The van der Waals surface area contributed by atoms with Crippen LogP contribution >= 0.6 is 24.0 Å². The highest BCUT2D eigenvalue weighted by molar-refractivity contribution is 14.0. The van der Waals surface area contributed by atoms with E-state index in [9.17, 15) is 0 Å². The SMILES string of the molecule is CCCN1CCC(NC(=NCc2ccnc(OC3CCCC3)c2)NCC)CC1.I. The molecule has 0 unspecified atom stereocenters. The highest BCUT2D eigenvalue weighted by Crippen LogP contribution is 2.23. The normalized spacial score (nSPS) is 19.0. The van der Waals surface area contributed by atoms with Gasteiger partial charge in [-0.25, -0.2) is 9.98 Å². The summed E-state index contributed by atoms with van der Waals surface area (Å²) in [4.78, 5) is 11.7. The largest absolute Gasteiger partial charge is 0.474 e. The first-order chi connectivity index (χ1) is 13.8.